The highest BCUT2D eigenvalue weighted by atomic mass is 35.5. The Labute approximate surface area is 129 Å². The number of hydrogen-bond donors (Lipinski definition) is 1. The number of nitrogens with zero attached hydrogens (tertiary/aromatic N) is 1. The summed E-state index contributed by atoms with van der Waals surface area (Å²) < 4.78 is 41.9. The zero-order chi connectivity index (χ0) is 13.8. The molecule has 1 heterocycles. The molecule has 20 heavy (non-hydrogen) atoms. The summed E-state index contributed by atoms with van der Waals surface area (Å²) in [6.07, 6.45) is -2.89. The van der Waals surface area contributed by atoms with Crippen molar-refractivity contribution in [1.29, 1.82) is 0 Å². The Bertz CT molecular complexity index is 291. The monoisotopic (exact) mass is 340 g/mol. The van der Waals surface area contributed by atoms with Gasteiger partial charge in [0.15, 0.2) is 0 Å². The molecule has 2 atom stereocenters. The van der Waals surface area contributed by atoms with Gasteiger partial charge in [0.25, 0.3) is 0 Å². The van der Waals surface area contributed by atoms with Crippen molar-refractivity contribution in [3.8, 4) is 0 Å². The summed E-state index contributed by atoms with van der Waals surface area (Å²) in [4.78, 5) is 12.6. The van der Waals surface area contributed by atoms with Crippen molar-refractivity contribution in [3.05, 3.63) is 0 Å². The number of ether oxygens (including phenoxy) is 1. The fraction of sp³-hybridized carbons (Fsp3) is 0.909. The van der Waals surface area contributed by atoms with Gasteiger partial charge in [-0.25, -0.2) is 0 Å². The lowest BCUT2D eigenvalue weighted by Crippen LogP contribution is -2.35. The van der Waals surface area contributed by atoms with Crippen molar-refractivity contribution in [2.75, 3.05) is 19.6 Å². The van der Waals surface area contributed by atoms with Crippen LogP contribution in [0.5, 0.6) is 0 Å². The van der Waals surface area contributed by atoms with Crippen LogP contribution in [0.15, 0.2) is 0 Å². The molecule has 1 aliphatic heterocycles. The summed E-state index contributed by atoms with van der Waals surface area (Å²) in [6, 6.07) is -0.695. The van der Waals surface area contributed by atoms with Gasteiger partial charge in [0.05, 0.1) is 6.54 Å². The number of halogens is 5. The van der Waals surface area contributed by atoms with E-state index in [1.54, 1.807) is 0 Å². The Morgan fingerprint density at radius 2 is 1.95 bits per heavy atom. The highest BCUT2D eigenvalue weighted by Crippen LogP contribution is 2.20. The number of hydrogen-bond acceptors (Lipinski definition) is 4. The molecule has 0 spiro atoms. The SMILES string of the molecule is C[C@H](N)C(=O)OC1CCCN(CC(F)(F)F)CC1.Cl.Cl. The molecule has 9 heteroatoms. The molecule has 0 radical (unpaired) electrons. The van der Waals surface area contributed by atoms with Crippen LogP contribution in [0.3, 0.4) is 0 Å². The van der Waals surface area contributed by atoms with E-state index in [1.807, 2.05) is 0 Å². The van der Waals surface area contributed by atoms with Gasteiger partial charge in [-0.1, -0.05) is 0 Å². The number of rotatable bonds is 3. The van der Waals surface area contributed by atoms with Crippen molar-refractivity contribution >= 4 is 30.8 Å². The van der Waals surface area contributed by atoms with Crippen molar-refractivity contribution in [2.45, 2.75) is 44.5 Å². The largest absolute Gasteiger partial charge is 0.461 e. The Kier molecular flexibility index (Phi) is 10.6. The minimum absolute atomic E-state index is 0. The predicted molar refractivity (Wildman–Crippen MR) is 74.4 cm³/mol. The second-order valence-electron chi connectivity index (χ2n) is 4.67. The van der Waals surface area contributed by atoms with Crippen LogP contribution in [0.25, 0.3) is 0 Å². The van der Waals surface area contributed by atoms with E-state index in [1.165, 1.54) is 11.8 Å². The maximum Gasteiger partial charge on any atom is 0.401 e. The number of carbonyl (C=O) groups excluding carboxylic acids is 1. The highest BCUT2D eigenvalue weighted by molar-refractivity contribution is 5.85. The number of carbonyl (C=O) groups is 1. The van der Waals surface area contributed by atoms with Crippen LogP contribution in [0.4, 0.5) is 13.2 Å². The van der Waals surface area contributed by atoms with Crippen LogP contribution in [-0.2, 0) is 9.53 Å². The smallest absolute Gasteiger partial charge is 0.401 e. The quantitative estimate of drug-likeness (QED) is 0.799. The first-order valence-corrected chi connectivity index (χ1v) is 6.03. The molecule has 0 bridgehead atoms. The zero-order valence-electron chi connectivity index (χ0n) is 11.2. The average molecular weight is 341 g/mol. The molecule has 2 N–H and O–H groups in total. The van der Waals surface area contributed by atoms with E-state index in [-0.39, 0.29) is 37.5 Å². The van der Waals surface area contributed by atoms with Crippen molar-refractivity contribution < 1.29 is 22.7 Å². The fourth-order valence-electron chi connectivity index (χ4n) is 1.93. The minimum Gasteiger partial charge on any atom is -0.461 e. The maximum atomic E-state index is 12.2. The summed E-state index contributed by atoms with van der Waals surface area (Å²) in [5, 5.41) is 0. The van der Waals surface area contributed by atoms with E-state index in [9.17, 15) is 18.0 Å². The minimum atomic E-state index is -4.18. The molecule has 0 aromatic rings. The molecule has 1 rings (SSSR count). The topological polar surface area (TPSA) is 55.6 Å². The molecule has 1 fully saturated rings. The third-order valence-corrected chi connectivity index (χ3v) is 2.83. The molecule has 4 nitrogen and oxygen atoms in total. The first-order valence-electron chi connectivity index (χ1n) is 6.03. The summed E-state index contributed by atoms with van der Waals surface area (Å²) >= 11 is 0. The third-order valence-electron chi connectivity index (χ3n) is 2.83. The van der Waals surface area contributed by atoms with E-state index in [2.05, 4.69) is 0 Å². The molecule has 0 aromatic carbocycles. The lowest BCUT2D eigenvalue weighted by Gasteiger charge is -2.21. The lowest BCUT2D eigenvalue weighted by molar-refractivity contribution is -0.152. The molecule has 0 saturated carbocycles. The zero-order valence-corrected chi connectivity index (χ0v) is 12.8. The van der Waals surface area contributed by atoms with Crippen LogP contribution < -0.4 is 5.73 Å². The normalized spacial score (nSPS) is 21.9. The number of nitrogens with two attached hydrogens (primary N) is 1. The highest BCUT2D eigenvalue weighted by Gasteiger charge is 2.32. The van der Waals surface area contributed by atoms with Gasteiger partial charge < -0.3 is 10.5 Å². The molecule has 0 aliphatic carbocycles. The molecule has 122 valence electrons. The summed E-state index contributed by atoms with van der Waals surface area (Å²) in [5.74, 6) is -0.496. The Balaban J connectivity index is 0. The molecule has 1 aliphatic rings. The van der Waals surface area contributed by atoms with Gasteiger partial charge in [0, 0.05) is 6.54 Å². The van der Waals surface area contributed by atoms with Gasteiger partial charge in [0.1, 0.15) is 12.1 Å². The summed E-state index contributed by atoms with van der Waals surface area (Å²) in [6.45, 7) is 1.29. The third kappa shape index (κ3) is 8.84. The molecule has 1 saturated heterocycles. The number of likely N-dealkylation sites (tertiary alicyclic amines) is 1. The van der Waals surface area contributed by atoms with Gasteiger partial charge in [-0.05, 0) is 32.7 Å². The molecule has 0 amide bonds. The van der Waals surface area contributed by atoms with Crippen LogP contribution in [-0.4, -0.2) is 48.8 Å². The molecule has 1 unspecified atom stereocenters. The second-order valence-corrected chi connectivity index (χ2v) is 4.67. The Morgan fingerprint density at radius 1 is 1.35 bits per heavy atom. The van der Waals surface area contributed by atoms with Gasteiger partial charge in [-0.3, -0.25) is 9.69 Å². The predicted octanol–water partition coefficient (Wildman–Crippen LogP) is 2.14. The van der Waals surface area contributed by atoms with Crippen LogP contribution in [0, 0.1) is 0 Å². The maximum absolute atomic E-state index is 12.2. The first kappa shape index (κ1) is 22.0. The van der Waals surface area contributed by atoms with Gasteiger partial charge in [-0.2, -0.15) is 13.2 Å². The molecular weight excluding hydrogens is 320 g/mol. The van der Waals surface area contributed by atoms with Crippen LogP contribution >= 0.6 is 24.8 Å². The number of esters is 1. The van der Waals surface area contributed by atoms with Gasteiger partial charge in [0.2, 0.25) is 0 Å². The van der Waals surface area contributed by atoms with E-state index in [4.69, 9.17) is 10.5 Å². The summed E-state index contributed by atoms with van der Waals surface area (Å²) in [5.41, 5.74) is 5.37. The van der Waals surface area contributed by atoms with Crippen LogP contribution in [0.1, 0.15) is 26.2 Å². The fourth-order valence-corrected chi connectivity index (χ4v) is 1.93. The van der Waals surface area contributed by atoms with Gasteiger partial charge >= 0.3 is 12.1 Å². The van der Waals surface area contributed by atoms with E-state index in [0.717, 1.165) is 0 Å². The Hall–Kier alpha value is -0.240. The van der Waals surface area contributed by atoms with Crippen molar-refractivity contribution in [2.24, 2.45) is 5.73 Å². The van der Waals surface area contributed by atoms with E-state index in [0.29, 0.717) is 25.8 Å². The standard InChI is InChI=1S/C11H19F3N2O2.2ClH/c1-8(15)10(17)18-9-3-2-5-16(6-4-9)7-11(12,13)14;;/h8-9H,2-7,15H2,1H3;2*1H/t8-,9?;;/m0../s1. The van der Waals surface area contributed by atoms with Gasteiger partial charge in [-0.15, -0.1) is 24.8 Å². The molecular formula is C11H21Cl2F3N2O2. The van der Waals surface area contributed by atoms with Crippen molar-refractivity contribution in [1.82, 2.24) is 4.90 Å². The van der Waals surface area contributed by atoms with Crippen molar-refractivity contribution in [3.63, 3.8) is 0 Å². The van der Waals surface area contributed by atoms with E-state index >= 15 is 0 Å². The second kappa shape index (κ2) is 9.65. The number of alkyl halides is 3. The van der Waals surface area contributed by atoms with E-state index < -0.39 is 24.7 Å². The van der Waals surface area contributed by atoms with Crippen LogP contribution in [0.2, 0.25) is 0 Å². The lowest BCUT2D eigenvalue weighted by atomic mass is 10.1. The average Bonchev–Trinajstić information content (AvgIpc) is 2.41. The Morgan fingerprint density at radius 3 is 2.45 bits per heavy atom. The molecule has 0 aromatic heterocycles. The first-order chi connectivity index (χ1) is 8.28. The summed E-state index contributed by atoms with van der Waals surface area (Å²) in [7, 11) is 0.